The van der Waals surface area contributed by atoms with Crippen LogP contribution in [0, 0.1) is 23.5 Å². The van der Waals surface area contributed by atoms with Crippen molar-refractivity contribution in [2.24, 2.45) is 11.8 Å². The summed E-state index contributed by atoms with van der Waals surface area (Å²) in [7, 11) is 3.13. The van der Waals surface area contributed by atoms with Gasteiger partial charge >= 0.3 is 12.1 Å². The number of hydrogen-bond donors (Lipinski definition) is 3. The summed E-state index contributed by atoms with van der Waals surface area (Å²) in [4.78, 5) is 26.3. The molecule has 37 heavy (non-hydrogen) atoms. The number of piperidine rings is 1. The van der Waals surface area contributed by atoms with Crippen LogP contribution >= 0.6 is 0 Å². The van der Waals surface area contributed by atoms with Gasteiger partial charge in [-0.05, 0) is 62.8 Å². The lowest BCUT2D eigenvalue weighted by Crippen LogP contribution is -2.52. The van der Waals surface area contributed by atoms with Gasteiger partial charge in [-0.15, -0.1) is 0 Å². The maximum Gasteiger partial charge on any atom is 0.406 e. The molecule has 11 heteroatoms. The van der Waals surface area contributed by atoms with Crippen molar-refractivity contribution in [2.75, 3.05) is 60.2 Å². The van der Waals surface area contributed by atoms with E-state index in [0.717, 1.165) is 51.4 Å². The first-order chi connectivity index (χ1) is 17.9. The number of nitrogens with zero attached hydrogens (tertiary/aromatic N) is 1. The molecule has 0 spiro atoms. The minimum absolute atomic E-state index is 0.0293. The Morgan fingerprint density at radius 3 is 2.65 bits per heavy atom. The Morgan fingerprint density at radius 1 is 1.19 bits per heavy atom. The molecule has 3 rings (SSSR count). The van der Waals surface area contributed by atoms with Crippen LogP contribution in [0.1, 0.15) is 43.8 Å². The van der Waals surface area contributed by atoms with Crippen LogP contribution in [0.5, 0.6) is 0 Å². The van der Waals surface area contributed by atoms with Crippen molar-refractivity contribution in [3.05, 3.63) is 35.4 Å². The molecule has 1 aromatic carbocycles. The van der Waals surface area contributed by atoms with Crippen LogP contribution < -0.4 is 16.0 Å². The number of likely N-dealkylation sites (N-methyl/N-ethyl adjacent to an activating group) is 1. The first kappa shape index (κ1) is 29.1. The van der Waals surface area contributed by atoms with E-state index in [1.807, 2.05) is 7.05 Å². The summed E-state index contributed by atoms with van der Waals surface area (Å²) in [5.74, 6) is -1.14. The molecule has 2 aliphatic heterocycles. The molecule has 1 aromatic rings. The lowest BCUT2D eigenvalue weighted by molar-refractivity contribution is -0.00905. The van der Waals surface area contributed by atoms with E-state index in [4.69, 9.17) is 9.47 Å². The highest BCUT2D eigenvalue weighted by Crippen LogP contribution is 2.34. The fraction of sp³-hybridized carbons (Fsp3) is 0.692. The van der Waals surface area contributed by atoms with Crippen molar-refractivity contribution in [1.29, 1.82) is 0 Å². The predicted octanol–water partition coefficient (Wildman–Crippen LogP) is 3.20. The Morgan fingerprint density at radius 2 is 1.97 bits per heavy atom. The van der Waals surface area contributed by atoms with Crippen molar-refractivity contribution in [3.63, 3.8) is 0 Å². The molecular formula is C26H40F2N4O5. The molecule has 0 radical (unpaired) electrons. The molecule has 3 amide bonds. The van der Waals surface area contributed by atoms with Crippen molar-refractivity contribution in [2.45, 2.75) is 44.2 Å². The number of nitrogens with one attached hydrogen (secondary N) is 3. The molecule has 2 aliphatic rings. The number of alkyl carbamates (subject to hydrolysis) is 1. The van der Waals surface area contributed by atoms with Crippen molar-refractivity contribution < 1.29 is 32.6 Å². The number of hydrogen-bond acceptors (Lipinski definition) is 6. The monoisotopic (exact) mass is 526 g/mol. The fourth-order valence-corrected chi connectivity index (χ4v) is 5.20. The maximum atomic E-state index is 14.1. The summed E-state index contributed by atoms with van der Waals surface area (Å²) in [6.07, 6.45) is 3.21. The number of carbonyl (C=O) groups excluding carboxylic acids is 2. The van der Waals surface area contributed by atoms with Gasteiger partial charge in [0.15, 0.2) is 0 Å². The van der Waals surface area contributed by atoms with Gasteiger partial charge in [0.1, 0.15) is 11.6 Å². The van der Waals surface area contributed by atoms with E-state index in [2.05, 4.69) is 20.7 Å². The molecule has 0 aliphatic carbocycles. The van der Waals surface area contributed by atoms with E-state index in [-0.39, 0.29) is 31.1 Å². The highest BCUT2D eigenvalue weighted by Gasteiger charge is 2.32. The van der Waals surface area contributed by atoms with Gasteiger partial charge in [0.05, 0.1) is 19.8 Å². The topological polar surface area (TPSA) is 101 Å². The first-order valence-corrected chi connectivity index (χ1v) is 13.1. The highest BCUT2D eigenvalue weighted by molar-refractivity contribution is 5.74. The zero-order chi connectivity index (χ0) is 26.6. The molecule has 0 unspecified atom stereocenters. The van der Waals surface area contributed by atoms with Gasteiger partial charge in [0.25, 0.3) is 0 Å². The minimum Gasteiger partial charge on any atom is -0.453 e. The standard InChI is InChI=1S/C26H40F2N4O5/c1-29-15-23(11-18-5-4-9-36-17-18)31-25(33)32-8-3-6-19(16-32)24(37-10-7-30-26(34)35-2)20-12-21(27)14-22(28)13-20/h12-14,18-19,23-24,29H,3-11,15-17H2,1-2H3,(H,30,34)(H,31,33)/t18-,19-,23+,24-/m1/s1. The number of urea groups is 1. The molecule has 2 saturated heterocycles. The zero-order valence-corrected chi connectivity index (χ0v) is 21.8. The van der Waals surface area contributed by atoms with E-state index >= 15 is 0 Å². The van der Waals surface area contributed by atoms with E-state index in [9.17, 15) is 18.4 Å². The molecular weight excluding hydrogens is 486 g/mol. The van der Waals surface area contributed by atoms with Gasteiger partial charge in [-0.2, -0.15) is 0 Å². The largest absolute Gasteiger partial charge is 0.453 e. The summed E-state index contributed by atoms with van der Waals surface area (Å²) in [5, 5.41) is 8.87. The number of likely N-dealkylation sites (tertiary alicyclic amines) is 1. The summed E-state index contributed by atoms with van der Waals surface area (Å²) < 4.78 is 44.3. The molecule has 9 nitrogen and oxygen atoms in total. The predicted molar refractivity (Wildman–Crippen MR) is 134 cm³/mol. The summed E-state index contributed by atoms with van der Waals surface area (Å²) in [6.45, 7) is 3.44. The second-order valence-corrected chi connectivity index (χ2v) is 9.78. The van der Waals surface area contributed by atoms with Crippen LogP contribution in [0.25, 0.3) is 0 Å². The van der Waals surface area contributed by atoms with Gasteiger partial charge < -0.3 is 35.1 Å². The molecule has 3 N–H and O–H groups in total. The number of halogens is 2. The second-order valence-electron chi connectivity index (χ2n) is 9.78. The van der Waals surface area contributed by atoms with Gasteiger partial charge in [-0.3, -0.25) is 0 Å². The Labute approximate surface area is 217 Å². The van der Waals surface area contributed by atoms with E-state index in [1.165, 1.54) is 19.2 Å². The van der Waals surface area contributed by atoms with E-state index in [1.54, 1.807) is 4.90 Å². The zero-order valence-electron chi connectivity index (χ0n) is 21.8. The molecule has 0 bridgehead atoms. The van der Waals surface area contributed by atoms with Crippen LogP contribution in [-0.4, -0.2) is 83.2 Å². The lowest BCUT2D eigenvalue weighted by atomic mass is 9.88. The average molecular weight is 527 g/mol. The second kappa shape index (κ2) is 15.0. The molecule has 2 heterocycles. The Bertz CT molecular complexity index is 851. The summed E-state index contributed by atoms with van der Waals surface area (Å²) >= 11 is 0. The van der Waals surface area contributed by atoms with Gasteiger partial charge in [-0.25, -0.2) is 18.4 Å². The molecule has 0 aromatic heterocycles. The average Bonchev–Trinajstić information content (AvgIpc) is 2.88. The third-order valence-electron chi connectivity index (χ3n) is 6.89. The Hall–Kier alpha value is -2.50. The summed E-state index contributed by atoms with van der Waals surface area (Å²) in [5.41, 5.74) is 0.369. The van der Waals surface area contributed by atoms with Crippen LogP contribution in [0.3, 0.4) is 0 Å². The number of methoxy groups -OCH3 is 1. The van der Waals surface area contributed by atoms with Crippen molar-refractivity contribution in [1.82, 2.24) is 20.9 Å². The maximum absolute atomic E-state index is 14.1. The van der Waals surface area contributed by atoms with E-state index in [0.29, 0.717) is 31.1 Å². The van der Waals surface area contributed by atoms with Crippen molar-refractivity contribution >= 4 is 12.1 Å². The normalized spacial score (nSPS) is 21.7. The van der Waals surface area contributed by atoms with Crippen LogP contribution in [-0.2, 0) is 14.2 Å². The van der Waals surface area contributed by atoms with Gasteiger partial charge in [0.2, 0.25) is 0 Å². The van der Waals surface area contributed by atoms with Crippen LogP contribution in [0.15, 0.2) is 18.2 Å². The number of carbonyl (C=O) groups is 2. The molecule has 208 valence electrons. The minimum atomic E-state index is -0.691. The Kier molecular flexibility index (Phi) is 11.8. The van der Waals surface area contributed by atoms with Crippen LogP contribution in [0.2, 0.25) is 0 Å². The molecule has 4 atom stereocenters. The number of ether oxygens (including phenoxy) is 3. The smallest absolute Gasteiger partial charge is 0.406 e. The lowest BCUT2D eigenvalue weighted by Gasteiger charge is -2.38. The van der Waals surface area contributed by atoms with Gasteiger partial charge in [-0.1, -0.05) is 0 Å². The number of rotatable bonds is 11. The third-order valence-corrected chi connectivity index (χ3v) is 6.89. The SMILES string of the molecule is CNC[C@H](C[C@H]1CCCOC1)NC(=O)N1CCC[C@@H]([C@@H](OCCNC(=O)OC)c2cc(F)cc(F)c2)C1. The fourth-order valence-electron chi connectivity index (χ4n) is 5.20. The highest BCUT2D eigenvalue weighted by atomic mass is 19.1. The Balaban J connectivity index is 1.65. The van der Waals surface area contributed by atoms with Gasteiger partial charge in [0, 0.05) is 57.4 Å². The number of amides is 3. The van der Waals surface area contributed by atoms with Crippen molar-refractivity contribution in [3.8, 4) is 0 Å². The van der Waals surface area contributed by atoms with Crippen LogP contribution in [0.4, 0.5) is 18.4 Å². The first-order valence-electron chi connectivity index (χ1n) is 13.1. The quantitative estimate of drug-likeness (QED) is 0.383. The molecule has 2 fully saturated rings. The van der Waals surface area contributed by atoms with E-state index < -0.39 is 23.8 Å². The third kappa shape index (κ3) is 9.39. The summed E-state index contributed by atoms with van der Waals surface area (Å²) in [6, 6.07) is 3.15. The number of benzene rings is 1. The molecule has 0 saturated carbocycles.